The molecular formula is C12H14O. The van der Waals surface area contributed by atoms with Crippen LogP contribution in [0.2, 0.25) is 0 Å². The maximum Gasteiger partial charge on any atom is 0.0721 e. The largest absolute Gasteiger partial charge is 0.389 e. The van der Waals surface area contributed by atoms with Crippen LogP contribution in [0.1, 0.15) is 24.3 Å². The highest BCUT2D eigenvalue weighted by atomic mass is 16.3. The lowest BCUT2D eigenvalue weighted by atomic mass is 9.88. The first kappa shape index (κ1) is 8.52. The summed E-state index contributed by atoms with van der Waals surface area (Å²) in [7, 11) is 0. The molecule has 0 saturated carbocycles. The van der Waals surface area contributed by atoms with Crippen molar-refractivity contribution in [3.63, 3.8) is 0 Å². The topological polar surface area (TPSA) is 20.2 Å². The highest BCUT2D eigenvalue weighted by molar-refractivity contribution is 5.25. The molecule has 1 aromatic rings. The van der Waals surface area contributed by atoms with Crippen LogP contribution in [-0.4, -0.2) is 11.2 Å². The summed E-state index contributed by atoms with van der Waals surface area (Å²) in [6, 6.07) is 10.5. The maximum absolute atomic E-state index is 9.29. The lowest BCUT2D eigenvalue weighted by Crippen LogP contribution is -2.10. The fourth-order valence-electron chi connectivity index (χ4n) is 1.78. The van der Waals surface area contributed by atoms with Crippen molar-refractivity contribution in [2.45, 2.75) is 24.9 Å². The molecule has 68 valence electrons. The standard InChI is InChI=1S/C12H14O/c13-12-8-6-11(7-9-12)10-4-2-1-3-5-10/h1-6,8,11-13H,7,9H2/t11-,12+/m0/s1. The van der Waals surface area contributed by atoms with Crippen LogP contribution in [-0.2, 0) is 0 Å². The van der Waals surface area contributed by atoms with Crippen LogP contribution in [0.3, 0.4) is 0 Å². The van der Waals surface area contributed by atoms with Crippen molar-refractivity contribution >= 4 is 0 Å². The highest BCUT2D eigenvalue weighted by Crippen LogP contribution is 2.27. The second kappa shape index (κ2) is 3.75. The van der Waals surface area contributed by atoms with Crippen molar-refractivity contribution in [2.75, 3.05) is 0 Å². The molecular weight excluding hydrogens is 160 g/mol. The zero-order chi connectivity index (χ0) is 9.10. The molecule has 0 amide bonds. The number of aliphatic hydroxyl groups is 1. The van der Waals surface area contributed by atoms with Gasteiger partial charge in [-0.15, -0.1) is 0 Å². The Balaban J connectivity index is 2.15. The molecule has 0 spiro atoms. The summed E-state index contributed by atoms with van der Waals surface area (Å²) in [6.07, 6.45) is 5.74. The molecule has 13 heavy (non-hydrogen) atoms. The summed E-state index contributed by atoms with van der Waals surface area (Å²) in [5.41, 5.74) is 1.35. The number of hydrogen-bond donors (Lipinski definition) is 1. The Morgan fingerprint density at radius 2 is 1.77 bits per heavy atom. The van der Waals surface area contributed by atoms with Crippen LogP contribution in [0.15, 0.2) is 42.5 Å². The molecule has 0 saturated heterocycles. The maximum atomic E-state index is 9.29. The Morgan fingerprint density at radius 1 is 1.00 bits per heavy atom. The molecule has 2 atom stereocenters. The van der Waals surface area contributed by atoms with E-state index in [-0.39, 0.29) is 6.10 Å². The van der Waals surface area contributed by atoms with Crippen LogP contribution in [0.5, 0.6) is 0 Å². The predicted octanol–water partition coefficient (Wildman–Crippen LogP) is 2.48. The van der Waals surface area contributed by atoms with Gasteiger partial charge in [-0.05, 0) is 18.4 Å². The molecule has 1 nitrogen and oxygen atoms in total. The Hall–Kier alpha value is -1.08. The minimum atomic E-state index is -0.222. The van der Waals surface area contributed by atoms with Gasteiger partial charge in [-0.2, -0.15) is 0 Å². The molecule has 1 aliphatic carbocycles. The minimum Gasteiger partial charge on any atom is -0.389 e. The van der Waals surface area contributed by atoms with E-state index in [2.05, 4.69) is 30.3 Å². The zero-order valence-electron chi connectivity index (χ0n) is 7.56. The van der Waals surface area contributed by atoms with Gasteiger partial charge in [-0.3, -0.25) is 0 Å². The summed E-state index contributed by atoms with van der Waals surface area (Å²) in [5, 5.41) is 9.29. The number of benzene rings is 1. The monoisotopic (exact) mass is 174 g/mol. The highest BCUT2D eigenvalue weighted by Gasteiger charge is 2.14. The Morgan fingerprint density at radius 3 is 2.38 bits per heavy atom. The van der Waals surface area contributed by atoms with Crippen LogP contribution in [0, 0.1) is 0 Å². The second-order valence-electron chi connectivity index (χ2n) is 3.55. The van der Waals surface area contributed by atoms with E-state index >= 15 is 0 Å². The third kappa shape index (κ3) is 1.99. The summed E-state index contributed by atoms with van der Waals surface area (Å²) in [6.45, 7) is 0. The average molecular weight is 174 g/mol. The SMILES string of the molecule is O[C@@H]1C=C[C@H](c2ccccc2)CC1. The first-order valence-corrected chi connectivity index (χ1v) is 4.77. The number of aliphatic hydroxyl groups excluding tert-OH is 1. The average Bonchev–Trinajstić information content (AvgIpc) is 2.20. The van der Waals surface area contributed by atoms with Gasteiger partial charge in [0.2, 0.25) is 0 Å². The van der Waals surface area contributed by atoms with E-state index in [1.165, 1.54) is 5.56 Å². The fourth-order valence-corrected chi connectivity index (χ4v) is 1.78. The first-order valence-electron chi connectivity index (χ1n) is 4.77. The second-order valence-corrected chi connectivity index (χ2v) is 3.55. The van der Waals surface area contributed by atoms with E-state index in [0.29, 0.717) is 5.92 Å². The van der Waals surface area contributed by atoms with Crippen LogP contribution < -0.4 is 0 Å². The quantitative estimate of drug-likeness (QED) is 0.648. The van der Waals surface area contributed by atoms with E-state index in [4.69, 9.17) is 0 Å². The molecule has 2 rings (SSSR count). The lowest BCUT2D eigenvalue weighted by molar-refractivity contribution is 0.201. The molecule has 0 aromatic heterocycles. The van der Waals surface area contributed by atoms with Crippen LogP contribution in [0.4, 0.5) is 0 Å². The van der Waals surface area contributed by atoms with E-state index in [0.717, 1.165) is 12.8 Å². The van der Waals surface area contributed by atoms with Gasteiger partial charge in [-0.1, -0.05) is 42.5 Å². The molecule has 1 aromatic carbocycles. The predicted molar refractivity (Wildman–Crippen MR) is 53.6 cm³/mol. The Labute approximate surface area is 78.7 Å². The molecule has 0 bridgehead atoms. The van der Waals surface area contributed by atoms with Crippen LogP contribution in [0.25, 0.3) is 0 Å². The summed E-state index contributed by atoms with van der Waals surface area (Å²) in [4.78, 5) is 0. The number of hydrogen-bond acceptors (Lipinski definition) is 1. The fraction of sp³-hybridized carbons (Fsp3) is 0.333. The van der Waals surface area contributed by atoms with Crippen molar-refractivity contribution in [3.05, 3.63) is 48.0 Å². The minimum absolute atomic E-state index is 0.222. The van der Waals surface area contributed by atoms with E-state index in [1.54, 1.807) is 0 Å². The van der Waals surface area contributed by atoms with Gasteiger partial charge in [0.25, 0.3) is 0 Å². The van der Waals surface area contributed by atoms with E-state index in [1.807, 2.05) is 12.1 Å². The number of allylic oxidation sites excluding steroid dienone is 1. The van der Waals surface area contributed by atoms with Crippen molar-refractivity contribution in [3.8, 4) is 0 Å². The van der Waals surface area contributed by atoms with Crippen molar-refractivity contribution in [2.24, 2.45) is 0 Å². The van der Waals surface area contributed by atoms with Crippen molar-refractivity contribution in [1.29, 1.82) is 0 Å². The Kier molecular flexibility index (Phi) is 2.46. The lowest BCUT2D eigenvalue weighted by Gasteiger charge is -2.19. The molecule has 0 fully saturated rings. The Bertz CT molecular complexity index is 289. The van der Waals surface area contributed by atoms with Crippen molar-refractivity contribution < 1.29 is 5.11 Å². The summed E-state index contributed by atoms with van der Waals surface area (Å²) < 4.78 is 0. The van der Waals surface area contributed by atoms with Gasteiger partial charge in [0, 0.05) is 5.92 Å². The normalized spacial score (nSPS) is 27.5. The third-order valence-electron chi connectivity index (χ3n) is 2.57. The molecule has 1 N–H and O–H groups in total. The molecule has 1 heteroatoms. The molecule has 0 radical (unpaired) electrons. The van der Waals surface area contributed by atoms with Gasteiger partial charge >= 0.3 is 0 Å². The summed E-state index contributed by atoms with van der Waals surface area (Å²) >= 11 is 0. The van der Waals surface area contributed by atoms with Crippen molar-refractivity contribution in [1.82, 2.24) is 0 Å². The van der Waals surface area contributed by atoms with Gasteiger partial charge in [0.05, 0.1) is 6.10 Å². The van der Waals surface area contributed by atoms with Crippen LogP contribution >= 0.6 is 0 Å². The van der Waals surface area contributed by atoms with E-state index in [9.17, 15) is 5.11 Å². The van der Waals surface area contributed by atoms with Gasteiger partial charge in [0.15, 0.2) is 0 Å². The third-order valence-corrected chi connectivity index (χ3v) is 2.57. The van der Waals surface area contributed by atoms with E-state index < -0.39 is 0 Å². The zero-order valence-corrected chi connectivity index (χ0v) is 7.56. The molecule has 0 heterocycles. The molecule has 1 aliphatic rings. The van der Waals surface area contributed by atoms with Gasteiger partial charge in [-0.25, -0.2) is 0 Å². The first-order chi connectivity index (χ1) is 6.36. The number of rotatable bonds is 1. The van der Waals surface area contributed by atoms with Gasteiger partial charge < -0.3 is 5.11 Å². The molecule has 0 aliphatic heterocycles. The molecule has 0 unspecified atom stereocenters. The summed E-state index contributed by atoms with van der Waals surface area (Å²) in [5.74, 6) is 0.504. The van der Waals surface area contributed by atoms with Gasteiger partial charge in [0.1, 0.15) is 0 Å². The smallest absolute Gasteiger partial charge is 0.0721 e.